The molecular formula is C27H30ClN3O3S. The number of carbonyl (C=O) groups is 1. The number of sulfonamides is 1. The summed E-state index contributed by atoms with van der Waals surface area (Å²) < 4.78 is 28.0. The van der Waals surface area contributed by atoms with E-state index in [1.54, 1.807) is 30.3 Å². The summed E-state index contributed by atoms with van der Waals surface area (Å²) >= 11 is 6.09. The zero-order valence-corrected chi connectivity index (χ0v) is 21.5. The van der Waals surface area contributed by atoms with E-state index in [4.69, 9.17) is 11.6 Å². The lowest BCUT2D eigenvalue weighted by Crippen LogP contribution is -2.37. The van der Waals surface area contributed by atoms with Crippen LogP contribution in [-0.4, -0.2) is 32.3 Å². The number of anilines is 2. The highest BCUT2D eigenvalue weighted by Crippen LogP contribution is 2.24. The minimum Gasteiger partial charge on any atom is -0.326 e. The molecule has 1 heterocycles. The lowest BCUT2D eigenvalue weighted by Gasteiger charge is -2.31. The lowest BCUT2D eigenvalue weighted by molar-refractivity contribution is -0.121. The van der Waals surface area contributed by atoms with E-state index in [0.29, 0.717) is 16.4 Å². The Morgan fingerprint density at radius 2 is 1.57 bits per heavy atom. The number of piperidine rings is 1. The Bertz CT molecular complexity index is 1280. The van der Waals surface area contributed by atoms with Crippen molar-refractivity contribution in [3.63, 3.8) is 0 Å². The maximum Gasteiger partial charge on any atom is 0.261 e. The average Bonchev–Trinajstić information content (AvgIpc) is 2.83. The summed E-state index contributed by atoms with van der Waals surface area (Å²) in [6.07, 6.45) is 1.60. The van der Waals surface area contributed by atoms with Gasteiger partial charge in [0.15, 0.2) is 0 Å². The van der Waals surface area contributed by atoms with Gasteiger partial charge in [-0.05, 0) is 87.3 Å². The predicted molar refractivity (Wildman–Crippen MR) is 141 cm³/mol. The second-order valence-electron chi connectivity index (χ2n) is 9.12. The number of halogens is 1. The molecule has 0 spiro atoms. The number of nitrogens with one attached hydrogen (secondary N) is 2. The van der Waals surface area contributed by atoms with Crippen molar-refractivity contribution in [3.8, 4) is 0 Å². The molecule has 4 rings (SSSR count). The highest BCUT2D eigenvalue weighted by Gasteiger charge is 2.25. The molecule has 1 aliphatic heterocycles. The maximum atomic E-state index is 12.8. The van der Waals surface area contributed by atoms with Crippen molar-refractivity contribution in [2.75, 3.05) is 23.1 Å². The molecule has 0 radical (unpaired) electrons. The molecule has 1 amide bonds. The van der Waals surface area contributed by atoms with Gasteiger partial charge in [-0.15, -0.1) is 0 Å². The second kappa shape index (κ2) is 10.8. The standard InChI is InChI=1S/C27H30ClN3O3S/c1-19-3-6-21(7-4-19)18-31-15-13-22(14-16-31)27(32)29-23-9-11-25(12-10-23)35(33,34)30-24-8-5-20(2)26(28)17-24/h3-12,17,22,30H,13-16,18H2,1-2H3,(H,29,32). The Balaban J connectivity index is 1.30. The molecule has 1 fully saturated rings. The molecule has 184 valence electrons. The lowest BCUT2D eigenvalue weighted by atomic mass is 9.95. The quantitative estimate of drug-likeness (QED) is 0.432. The number of nitrogens with zero attached hydrogens (tertiary/aromatic N) is 1. The largest absolute Gasteiger partial charge is 0.326 e. The van der Waals surface area contributed by atoms with Crippen LogP contribution in [0.2, 0.25) is 5.02 Å². The van der Waals surface area contributed by atoms with E-state index in [-0.39, 0.29) is 16.7 Å². The van der Waals surface area contributed by atoms with Gasteiger partial charge in [0.1, 0.15) is 0 Å². The van der Waals surface area contributed by atoms with Gasteiger partial charge < -0.3 is 5.32 Å². The number of rotatable bonds is 7. The van der Waals surface area contributed by atoms with Gasteiger partial charge >= 0.3 is 0 Å². The smallest absolute Gasteiger partial charge is 0.261 e. The van der Waals surface area contributed by atoms with Crippen LogP contribution in [0.3, 0.4) is 0 Å². The Kier molecular flexibility index (Phi) is 7.79. The molecule has 0 aliphatic carbocycles. The van der Waals surface area contributed by atoms with Crippen LogP contribution in [-0.2, 0) is 21.4 Å². The van der Waals surface area contributed by atoms with E-state index in [9.17, 15) is 13.2 Å². The summed E-state index contributed by atoms with van der Waals surface area (Å²) in [5.74, 6) is -0.0800. The summed E-state index contributed by atoms with van der Waals surface area (Å²) in [6, 6.07) is 19.8. The van der Waals surface area contributed by atoms with Crippen molar-refractivity contribution in [1.82, 2.24) is 4.90 Å². The van der Waals surface area contributed by atoms with Crippen LogP contribution >= 0.6 is 11.6 Å². The molecule has 0 bridgehead atoms. The van der Waals surface area contributed by atoms with Crippen LogP contribution < -0.4 is 10.0 Å². The van der Waals surface area contributed by atoms with Crippen LogP contribution in [0.1, 0.15) is 29.5 Å². The summed E-state index contributed by atoms with van der Waals surface area (Å²) in [4.78, 5) is 15.3. The fourth-order valence-electron chi connectivity index (χ4n) is 4.14. The predicted octanol–water partition coefficient (Wildman–Crippen LogP) is 5.61. The molecule has 8 heteroatoms. The van der Waals surface area contributed by atoms with Crippen molar-refractivity contribution < 1.29 is 13.2 Å². The molecule has 0 atom stereocenters. The van der Waals surface area contributed by atoms with Gasteiger partial charge in [-0.3, -0.25) is 14.4 Å². The molecule has 35 heavy (non-hydrogen) atoms. The molecule has 0 unspecified atom stereocenters. The van der Waals surface area contributed by atoms with Crippen molar-refractivity contribution in [3.05, 3.63) is 88.4 Å². The molecule has 1 aliphatic rings. The molecule has 3 aromatic carbocycles. The van der Waals surface area contributed by atoms with E-state index in [2.05, 4.69) is 46.1 Å². The van der Waals surface area contributed by atoms with Crippen LogP contribution in [0.15, 0.2) is 71.6 Å². The van der Waals surface area contributed by atoms with E-state index in [1.165, 1.54) is 23.3 Å². The van der Waals surface area contributed by atoms with Crippen molar-refractivity contribution in [2.45, 2.75) is 38.1 Å². The second-order valence-corrected chi connectivity index (χ2v) is 11.2. The van der Waals surface area contributed by atoms with Gasteiger partial charge in [0.25, 0.3) is 10.0 Å². The Morgan fingerprint density at radius 3 is 2.20 bits per heavy atom. The highest BCUT2D eigenvalue weighted by molar-refractivity contribution is 7.92. The normalized spacial score (nSPS) is 15.1. The third-order valence-corrected chi connectivity index (χ3v) is 8.15. The number of aryl methyl sites for hydroxylation is 2. The van der Waals surface area contributed by atoms with E-state index in [1.807, 2.05) is 6.92 Å². The highest BCUT2D eigenvalue weighted by atomic mass is 35.5. The molecule has 0 aromatic heterocycles. The summed E-state index contributed by atoms with van der Waals surface area (Å²) in [6.45, 7) is 6.57. The molecule has 3 aromatic rings. The summed E-state index contributed by atoms with van der Waals surface area (Å²) in [5.41, 5.74) is 4.38. The minimum atomic E-state index is -3.77. The number of hydrogen-bond donors (Lipinski definition) is 2. The van der Waals surface area contributed by atoms with Crippen LogP contribution in [0.5, 0.6) is 0 Å². The van der Waals surface area contributed by atoms with E-state index < -0.39 is 10.0 Å². The molecule has 0 saturated carbocycles. The number of hydrogen-bond acceptors (Lipinski definition) is 4. The molecule has 2 N–H and O–H groups in total. The third-order valence-electron chi connectivity index (χ3n) is 6.34. The molecule has 6 nitrogen and oxygen atoms in total. The number of amides is 1. The fourth-order valence-corrected chi connectivity index (χ4v) is 5.37. The summed E-state index contributed by atoms with van der Waals surface area (Å²) in [7, 11) is -3.77. The van der Waals surface area contributed by atoms with Gasteiger partial charge in [0.05, 0.1) is 10.6 Å². The third kappa shape index (κ3) is 6.63. The molecular weight excluding hydrogens is 482 g/mol. The Hall–Kier alpha value is -2.87. The van der Waals surface area contributed by atoms with Gasteiger partial charge in [0.2, 0.25) is 5.91 Å². The Labute approximate surface area is 212 Å². The van der Waals surface area contributed by atoms with Gasteiger partial charge in [-0.1, -0.05) is 47.5 Å². The minimum absolute atomic E-state index is 0.0250. The number of benzene rings is 3. The maximum absolute atomic E-state index is 12.8. The zero-order chi connectivity index (χ0) is 25.0. The van der Waals surface area contributed by atoms with Crippen molar-refractivity contribution in [1.29, 1.82) is 0 Å². The SMILES string of the molecule is Cc1ccc(CN2CCC(C(=O)Nc3ccc(S(=O)(=O)Nc4ccc(C)c(Cl)c4)cc3)CC2)cc1. The van der Waals surface area contributed by atoms with Crippen LogP contribution in [0.4, 0.5) is 11.4 Å². The van der Waals surface area contributed by atoms with Gasteiger partial charge in [-0.2, -0.15) is 0 Å². The van der Waals surface area contributed by atoms with Crippen molar-refractivity contribution >= 4 is 38.9 Å². The van der Waals surface area contributed by atoms with Crippen LogP contribution in [0.25, 0.3) is 0 Å². The van der Waals surface area contributed by atoms with Gasteiger partial charge in [0, 0.05) is 23.2 Å². The van der Waals surface area contributed by atoms with E-state index in [0.717, 1.165) is 38.0 Å². The average molecular weight is 512 g/mol. The number of carbonyl (C=O) groups excluding carboxylic acids is 1. The monoisotopic (exact) mass is 511 g/mol. The first kappa shape index (κ1) is 25.2. The fraction of sp³-hybridized carbons (Fsp3) is 0.296. The number of likely N-dealkylation sites (tertiary alicyclic amines) is 1. The first-order valence-electron chi connectivity index (χ1n) is 11.7. The first-order valence-corrected chi connectivity index (χ1v) is 13.5. The van der Waals surface area contributed by atoms with Crippen molar-refractivity contribution in [2.24, 2.45) is 5.92 Å². The Morgan fingerprint density at radius 1 is 0.943 bits per heavy atom. The topological polar surface area (TPSA) is 78.5 Å². The van der Waals surface area contributed by atoms with E-state index >= 15 is 0 Å². The molecule has 1 saturated heterocycles. The first-order chi connectivity index (χ1) is 16.7. The van der Waals surface area contributed by atoms with Gasteiger partial charge in [-0.25, -0.2) is 8.42 Å². The zero-order valence-electron chi connectivity index (χ0n) is 19.9. The van der Waals surface area contributed by atoms with Crippen LogP contribution in [0, 0.1) is 19.8 Å². The summed E-state index contributed by atoms with van der Waals surface area (Å²) in [5, 5.41) is 3.42.